The quantitative estimate of drug-likeness (QED) is 0.730. The molecule has 2 atom stereocenters. The number of nitrogens with one attached hydrogen (secondary N) is 1. The van der Waals surface area contributed by atoms with Crippen LogP contribution in [0, 0.1) is 5.82 Å². The van der Waals surface area contributed by atoms with E-state index in [4.69, 9.17) is 4.74 Å². The molecule has 1 saturated heterocycles. The molecule has 29 heavy (non-hydrogen) atoms. The number of carbonyl (C=O) groups is 1. The predicted octanol–water partition coefficient (Wildman–Crippen LogP) is 3.86. The summed E-state index contributed by atoms with van der Waals surface area (Å²) < 4.78 is 22.4. The minimum absolute atomic E-state index is 0.0674. The number of fused-ring (bicyclic) bond motifs is 1. The number of ether oxygens (including phenoxy) is 1. The highest BCUT2D eigenvalue weighted by molar-refractivity contribution is 6.06. The fourth-order valence-electron chi connectivity index (χ4n) is 4.09. The van der Waals surface area contributed by atoms with Gasteiger partial charge in [0.15, 0.2) is 0 Å². The van der Waals surface area contributed by atoms with Gasteiger partial charge in [-0.15, -0.1) is 0 Å². The van der Waals surface area contributed by atoms with Crippen molar-refractivity contribution in [2.75, 3.05) is 18.0 Å². The highest BCUT2D eigenvalue weighted by atomic mass is 19.1. The molecule has 0 aliphatic carbocycles. The van der Waals surface area contributed by atoms with E-state index in [9.17, 15) is 9.18 Å². The molecule has 1 aliphatic rings. The van der Waals surface area contributed by atoms with Crippen LogP contribution in [-0.2, 0) is 18.3 Å². The Bertz CT molecular complexity index is 1040. The zero-order chi connectivity index (χ0) is 20.5. The number of anilines is 1. The maximum atomic E-state index is 14.7. The molecule has 6 heteroatoms. The van der Waals surface area contributed by atoms with Gasteiger partial charge >= 0.3 is 0 Å². The number of hydrogen-bond acceptors (Lipinski definition) is 3. The van der Waals surface area contributed by atoms with Crippen LogP contribution in [0.4, 0.5) is 10.1 Å². The summed E-state index contributed by atoms with van der Waals surface area (Å²) in [6.07, 6.45) is 1.96. The Kier molecular flexibility index (Phi) is 5.28. The molecule has 2 aromatic carbocycles. The summed E-state index contributed by atoms with van der Waals surface area (Å²) in [6.45, 7) is 5.60. The highest BCUT2D eigenvalue weighted by Crippen LogP contribution is 2.25. The van der Waals surface area contributed by atoms with Gasteiger partial charge in [0.05, 0.1) is 23.5 Å². The molecule has 0 radical (unpaired) electrons. The van der Waals surface area contributed by atoms with Crippen LogP contribution in [0.1, 0.15) is 29.8 Å². The van der Waals surface area contributed by atoms with Gasteiger partial charge in [-0.3, -0.25) is 4.79 Å². The normalized spacial score (nSPS) is 19.5. The number of halogens is 1. The van der Waals surface area contributed by atoms with Gasteiger partial charge in [0.1, 0.15) is 5.82 Å². The van der Waals surface area contributed by atoms with Gasteiger partial charge < -0.3 is 19.5 Å². The molecule has 1 N–H and O–H groups in total. The fraction of sp³-hybridized carbons (Fsp3) is 0.348. The zero-order valence-corrected chi connectivity index (χ0v) is 17.0. The third-order valence-electron chi connectivity index (χ3n) is 5.37. The number of rotatable bonds is 4. The minimum atomic E-state index is -0.275. The van der Waals surface area contributed by atoms with Gasteiger partial charge in [0.2, 0.25) is 0 Å². The smallest absolute Gasteiger partial charge is 0.253 e. The lowest BCUT2D eigenvalue weighted by molar-refractivity contribution is -0.00539. The average molecular weight is 395 g/mol. The molecule has 1 aromatic heterocycles. The number of amides is 1. The Morgan fingerprint density at radius 1 is 1.17 bits per heavy atom. The Morgan fingerprint density at radius 2 is 1.90 bits per heavy atom. The van der Waals surface area contributed by atoms with Gasteiger partial charge in [-0.05, 0) is 37.6 Å². The zero-order valence-electron chi connectivity index (χ0n) is 17.0. The molecule has 0 unspecified atom stereocenters. The van der Waals surface area contributed by atoms with Crippen molar-refractivity contribution in [3.63, 3.8) is 0 Å². The predicted molar refractivity (Wildman–Crippen MR) is 113 cm³/mol. The molecular weight excluding hydrogens is 369 g/mol. The largest absolute Gasteiger partial charge is 0.372 e. The van der Waals surface area contributed by atoms with Gasteiger partial charge in [-0.25, -0.2) is 4.39 Å². The molecule has 0 spiro atoms. The first-order valence-corrected chi connectivity index (χ1v) is 9.93. The van der Waals surface area contributed by atoms with Crippen molar-refractivity contribution >= 4 is 22.5 Å². The van der Waals surface area contributed by atoms with E-state index in [-0.39, 0.29) is 30.5 Å². The fourth-order valence-corrected chi connectivity index (χ4v) is 4.09. The van der Waals surface area contributed by atoms with Crippen molar-refractivity contribution < 1.29 is 13.9 Å². The van der Waals surface area contributed by atoms with Crippen molar-refractivity contribution in [3.05, 3.63) is 65.6 Å². The van der Waals surface area contributed by atoms with Gasteiger partial charge in [-0.1, -0.05) is 24.3 Å². The van der Waals surface area contributed by atoms with E-state index in [0.717, 1.165) is 16.5 Å². The summed E-state index contributed by atoms with van der Waals surface area (Å²) in [6, 6.07) is 12.9. The third-order valence-corrected chi connectivity index (χ3v) is 5.37. The molecule has 1 amide bonds. The lowest BCUT2D eigenvalue weighted by atomic mass is 10.1. The van der Waals surface area contributed by atoms with Crippen molar-refractivity contribution in [3.8, 4) is 0 Å². The van der Waals surface area contributed by atoms with Crippen LogP contribution in [0.5, 0.6) is 0 Å². The van der Waals surface area contributed by atoms with Crippen LogP contribution in [0.25, 0.3) is 10.9 Å². The van der Waals surface area contributed by atoms with Crippen molar-refractivity contribution in [2.24, 2.45) is 7.05 Å². The molecule has 3 aromatic rings. The topological polar surface area (TPSA) is 46.5 Å². The maximum Gasteiger partial charge on any atom is 0.253 e. The molecule has 0 saturated carbocycles. The number of para-hydroxylation sites is 1. The summed E-state index contributed by atoms with van der Waals surface area (Å²) in [5, 5.41) is 3.82. The van der Waals surface area contributed by atoms with E-state index in [2.05, 4.69) is 5.32 Å². The second-order valence-corrected chi connectivity index (χ2v) is 7.80. The summed E-state index contributed by atoms with van der Waals surface area (Å²) in [5.41, 5.74) is 2.93. The lowest BCUT2D eigenvalue weighted by Crippen LogP contribution is -2.45. The monoisotopic (exact) mass is 395 g/mol. The SMILES string of the molecule is C[C@H]1CN(c2ccc(CNC(=O)c3cn(C)c4ccccc34)cc2F)C[C@H](C)O1. The number of carbonyl (C=O) groups excluding carboxylic acids is 1. The Morgan fingerprint density at radius 3 is 2.62 bits per heavy atom. The van der Waals surface area contributed by atoms with E-state index >= 15 is 0 Å². The summed E-state index contributed by atoms with van der Waals surface area (Å²) in [7, 11) is 1.92. The molecule has 4 rings (SSSR count). The first-order valence-electron chi connectivity index (χ1n) is 9.93. The summed E-state index contributed by atoms with van der Waals surface area (Å²) in [4.78, 5) is 14.7. The third kappa shape index (κ3) is 3.98. The lowest BCUT2D eigenvalue weighted by Gasteiger charge is -2.37. The number of morpholine rings is 1. The van der Waals surface area contributed by atoms with E-state index in [1.54, 1.807) is 6.07 Å². The summed E-state index contributed by atoms with van der Waals surface area (Å²) in [5.74, 6) is -0.440. The number of benzene rings is 2. The molecule has 0 bridgehead atoms. The van der Waals surface area contributed by atoms with Crippen LogP contribution in [-0.4, -0.2) is 35.8 Å². The van der Waals surface area contributed by atoms with Crippen LogP contribution in [0.15, 0.2) is 48.7 Å². The van der Waals surface area contributed by atoms with E-state index < -0.39 is 0 Å². The second-order valence-electron chi connectivity index (χ2n) is 7.80. The number of nitrogens with zero attached hydrogens (tertiary/aromatic N) is 2. The van der Waals surface area contributed by atoms with Crippen molar-refractivity contribution in [1.82, 2.24) is 9.88 Å². The van der Waals surface area contributed by atoms with Gasteiger partial charge in [0.25, 0.3) is 5.91 Å². The van der Waals surface area contributed by atoms with E-state index in [1.807, 2.05) is 66.9 Å². The molecular formula is C23H26FN3O2. The van der Waals surface area contributed by atoms with E-state index in [0.29, 0.717) is 24.3 Å². The molecule has 5 nitrogen and oxygen atoms in total. The Labute approximate surface area is 170 Å². The number of hydrogen-bond donors (Lipinski definition) is 1. The first kappa shape index (κ1) is 19.5. The average Bonchev–Trinajstić information content (AvgIpc) is 3.02. The van der Waals surface area contributed by atoms with Crippen molar-refractivity contribution in [1.29, 1.82) is 0 Å². The highest BCUT2D eigenvalue weighted by Gasteiger charge is 2.24. The molecule has 2 heterocycles. The van der Waals surface area contributed by atoms with Crippen LogP contribution >= 0.6 is 0 Å². The maximum absolute atomic E-state index is 14.7. The van der Waals surface area contributed by atoms with E-state index in [1.165, 1.54) is 6.07 Å². The van der Waals surface area contributed by atoms with Crippen LogP contribution in [0.2, 0.25) is 0 Å². The van der Waals surface area contributed by atoms with Crippen LogP contribution in [0.3, 0.4) is 0 Å². The molecule has 1 aliphatic heterocycles. The minimum Gasteiger partial charge on any atom is -0.372 e. The summed E-state index contributed by atoms with van der Waals surface area (Å²) >= 11 is 0. The Hall–Kier alpha value is -2.86. The Balaban J connectivity index is 1.46. The first-order chi connectivity index (χ1) is 13.9. The van der Waals surface area contributed by atoms with Crippen LogP contribution < -0.4 is 10.2 Å². The van der Waals surface area contributed by atoms with Crippen molar-refractivity contribution in [2.45, 2.75) is 32.6 Å². The van der Waals surface area contributed by atoms with Gasteiger partial charge in [-0.2, -0.15) is 0 Å². The molecule has 1 fully saturated rings. The van der Waals surface area contributed by atoms with Gasteiger partial charge in [0, 0.05) is 43.8 Å². The number of aromatic nitrogens is 1. The standard InChI is InChI=1S/C23H26FN3O2/c1-15-12-27(13-16(2)29-15)22-9-8-17(10-20(22)24)11-25-23(28)19-14-26(3)21-7-5-4-6-18(19)21/h4-10,14-16H,11-13H2,1-3H3,(H,25,28)/t15-,16-/m0/s1. The molecule has 152 valence electrons. The number of aryl methyl sites for hydroxylation is 1. The second kappa shape index (κ2) is 7.87.